The highest BCUT2D eigenvalue weighted by molar-refractivity contribution is 5.68. The third kappa shape index (κ3) is 1.58. The molecule has 0 spiro atoms. The van der Waals surface area contributed by atoms with E-state index in [0.29, 0.717) is 5.69 Å². The van der Waals surface area contributed by atoms with Gasteiger partial charge in [-0.15, -0.1) is 0 Å². The smallest absolute Gasteiger partial charge is 0.130 e. The molecule has 3 N–H and O–H groups in total. The van der Waals surface area contributed by atoms with Crippen LogP contribution in [0.1, 0.15) is 0 Å². The first-order valence-corrected chi connectivity index (χ1v) is 3.75. The first-order valence-electron chi connectivity index (χ1n) is 3.75. The van der Waals surface area contributed by atoms with Crippen molar-refractivity contribution in [3.63, 3.8) is 0 Å². The minimum atomic E-state index is 0.670. The summed E-state index contributed by atoms with van der Waals surface area (Å²) in [6.45, 7) is 0. The van der Waals surface area contributed by atoms with Crippen molar-refractivity contribution in [1.29, 1.82) is 0 Å². The van der Waals surface area contributed by atoms with E-state index in [1.54, 1.807) is 6.20 Å². The van der Waals surface area contributed by atoms with Gasteiger partial charge in [0.2, 0.25) is 0 Å². The topological polar surface area (TPSA) is 54.2 Å². The zero-order valence-electron chi connectivity index (χ0n) is 7.63. The van der Waals surface area contributed by atoms with Crippen LogP contribution in [0.2, 0.25) is 0 Å². The Labute approximate surface area is 72.4 Å². The van der Waals surface area contributed by atoms with Crippen molar-refractivity contribution < 1.29 is 0 Å². The van der Waals surface area contributed by atoms with Crippen LogP contribution in [0.5, 0.6) is 0 Å². The molecular weight excluding hydrogens is 152 g/mol. The molecule has 1 aromatic rings. The van der Waals surface area contributed by atoms with Crippen LogP contribution < -0.4 is 16.0 Å². The van der Waals surface area contributed by atoms with Crippen molar-refractivity contribution in [1.82, 2.24) is 4.98 Å². The maximum Gasteiger partial charge on any atom is 0.130 e. The number of nitrogens with one attached hydrogen (secondary N) is 1. The normalized spacial score (nSPS) is 9.58. The summed E-state index contributed by atoms with van der Waals surface area (Å²) in [5, 5.41) is 3.00. The predicted molar refractivity (Wildman–Crippen MR) is 52.5 cm³/mol. The standard InChI is InChI=1S/C8H14N4/c1-10-7-4-8(12(2)3)11-5-6(7)9/h4-5H,9H2,1-3H3,(H,10,11). The second-order valence-electron chi connectivity index (χ2n) is 2.77. The zero-order chi connectivity index (χ0) is 9.14. The van der Waals surface area contributed by atoms with Crippen LogP contribution in [0.15, 0.2) is 12.3 Å². The van der Waals surface area contributed by atoms with Crippen LogP contribution in [0.3, 0.4) is 0 Å². The second kappa shape index (κ2) is 3.30. The maximum absolute atomic E-state index is 5.66. The minimum Gasteiger partial charge on any atom is -0.396 e. The molecule has 0 aromatic carbocycles. The van der Waals surface area contributed by atoms with E-state index >= 15 is 0 Å². The van der Waals surface area contributed by atoms with Gasteiger partial charge in [-0.2, -0.15) is 0 Å². The van der Waals surface area contributed by atoms with Crippen molar-refractivity contribution in [3.8, 4) is 0 Å². The minimum absolute atomic E-state index is 0.670. The molecule has 0 saturated heterocycles. The van der Waals surface area contributed by atoms with Crippen molar-refractivity contribution >= 4 is 17.2 Å². The number of hydrogen-bond donors (Lipinski definition) is 2. The Balaban J connectivity index is 3.05. The van der Waals surface area contributed by atoms with Crippen LogP contribution in [0.25, 0.3) is 0 Å². The molecule has 0 amide bonds. The highest BCUT2D eigenvalue weighted by Gasteiger charge is 2.01. The molecular formula is C8H14N4. The lowest BCUT2D eigenvalue weighted by Gasteiger charge is -2.13. The Morgan fingerprint density at radius 2 is 2.17 bits per heavy atom. The molecule has 66 valence electrons. The summed E-state index contributed by atoms with van der Waals surface area (Å²) in [4.78, 5) is 6.08. The summed E-state index contributed by atoms with van der Waals surface area (Å²) in [7, 11) is 5.72. The monoisotopic (exact) mass is 166 g/mol. The summed E-state index contributed by atoms with van der Waals surface area (Å²) in [6.07, 6.45) is 1.65. The van der Waals surface area contributed by atoms with E-state index < -0.39 is 0 Å². The number of pyridine rings is 1. The molecule has 1 heterocycles. The summed E-state index contributed by atoms with van der Waals surface area (Å²) in [5.41, 5.74) is 7.24. The first kappa shape index (κ1) is 8.64. The molecule has 0 unspecified atom stereocenters. The predicted octanol–water partition coefficient (Wildman–Crippen LogP) is 0.771. The number of anilines is 3. The van der Waals surface area contributed by atoms with Crippen molar-refractivity contribution in [3.05, 3.63) is 12.3 Å². The van der Waals surface area contributed by atoms with E-state index in [9.17, 15) is 0 Å². The van der Waals surface area contributed by atoms with Gasteiger partial charge in [-0.1, -0.05) is 0 Å². The van der Waals surface area contributed by atoms with Crippen LogP contribution in [-0.4, -0.2) is 26.1 Å². The third-order valence-corrected chi connectivity index (χ3v) is 1.65. The molecule has 1 aromatic heterocycles. The number of nitrogen functional groups attached to an aromatic ring is 1. The maximum atomic E-state index is 5.66. The van der Waals surface area contributed by atoms with Gasteiger partial charge >= 0.3 is 0 Å². The van der Waals surface area contributed by atoms with Gasteiger partial charge in [0.25, 0.3) is 0 Å². The van der Waals surface area contributed by atoms with Gasteiger partial charge < -0.3 is 16.0 Å². The molecule has 4 heteroatoms. The summed E-state index contributed by atoms with van der Waals surface area (Å²) >= 11 is 0. The molecule has 0 aliphatic carbocycles. The molecule has 0 fully saturated rings. The lowest BCUT2D eigenvalue weighted by atomic mass is 10.3. The van der Waals surface area contributed by atoms with E-state index in [1.807, 2.05) is 32.1 Å². The van der Waals surface area contributed by atoms with Gasteiger partial charge in [-0.25, -0.2) is 4.98 Å². The molecule has 0 atom stereocenters. The van der Waals surface area contributed by atoms with Gasteiger partial charge in [-0.3, -0.25) is 0 Å². The number of hydrogen-bond acceptors (Lipinski definition) is 4. The van der Waals surface area contributed by atoms with Crippen LogP contribution in [0, 0.1) is 0 Å². The molecule has 1 rings (SSSR count). The highest BCUT2D eigenvalue weighted by atomic mass is 15.1. The SMILES string of the molecule is CNc1cc(N(C)C)ncc1N. The third-order valence-electron chi connectivity index (χ3n) is 1.65. The van der Waals surface area contributed by atoms with Gasteiger partial charge in [0.05, 0.1) is 17.6 Å². The summed E-state index contributed by atoms with van der Waals surface area (Å²) < 4.78 is 0. The van der Waals surface area contributed by atoms with Crippen LogP contribution in [0.4, 0.5) is 17.2 Å². The largest absolute Gasteiger partial charge is 0.396 e. The number of rotatable bonds is 2. The van der Waals surface area contributed by atoms with E-state index in [4.69, 9.17) is 5.73 Å². The summed E-state index contributed by atoms with van der Waals surface area (Å²) in [6, 6.07) is 1.91. The average Bonchev–Trinajstić information content (AvgIpc) is 2.05. The zero-order valence-corrected chi connectivity index (χ0v) is 7.63. The quantitative estimate of drug-likeness (QED) is 0.681. The molecule has 0 aliphatic rings. The molecule has 0 radical (unpaired) electrons. The fourth-order valence-electron chi connectivity index (χ4n) is 0.916. The molecule has 0 saturated carbocycles. The fraction of sp³-hybridized carbons (Fsp3) is 0.375. The van der Waals surface area contributed by atoms with E-state index in [0.717, 1.165) is 11.5 Å². The van der Waals surface area contributed by atoms with Crippen LogP contribution >= 0.6 is 0 Å². The van der Waals surface area contributed by atoms with Crippen molar-refractivity contribution in [2.75, 3.05) is 37.1 Å². The molecule has 12 heavy (non-hydrogen) atoms. The molecule has 4 nitrogen and oxygen atoms in total. The molecule has 0 aliphatic heterocycles. The van der Waals surface area contributed by atoms with Crippen molar-refractivity contribution in [2.24, 2.45) is 0 Å². The van der Waals surface area contributed by atoms with E-state index in [-0.39, 0.29) is 0 Å². The van der Waals surface area contributed by atoms with Gasteiger partial charge in [-0.05, 0) is 0 Å². The van der Waals surface area contributed by atoms with E-state index in [2.05, 4.69) is 10.3 Å². The van der Waals surface area contributed by atoms with E-state index in [1.165, 1.54) is 0 Å². The Morgan fingerprint density at radius 1 is 1.50 bits per heavy atom. The van der Waals surface area contributed by atoms with Crippen LogP contribution in [-0.2, 0) is 0 Å². The highest BCUT2D eigenvalue weighted by Crippen LogP contribution is 2.20. The van der Waals surface area contributed by atoms with Gasteiger partial charge in [0.1, 0.15) is 5.82 Å². The number of nitrogens with zero attached hydrogens (tertiary/aromatic N) is 2. The Morgan fingerprint density at radius 3 is 2.67 bits per heavy atom. The summed E-state index contributed by atoms with van der Waals surface area (Å²) in [5.74, 6) is 0.897. The lowest BCUT2D eigenvalue weighted by molar-refractivity contribution is 1.07. The Hall–Kier alpha value is -1.45. The lowest BCUT2D eigenvalue weighted by Crippen LogP contribution is -2.11. The van der Waals surface area contributed by atoms with Gasteiger partial charge in [0.15, 0.2) is 0 Å². The number of aromatic nitrogens is 1. The van der Waals surface area contributed by atoms with Crippen molar-refractivity contribution in [2.45, 2.75) is 0 Å². The Kier molecular flexibility index (Phi) is 2.38. The number of nitrogens with two attached hydrogens (primary N) is 1. The molecule has 0 bridgehead atoms. The second-order valence-corrected chi connectivity index (χ2v) is 2.77. The van der Waals surface area contributed by atoms with Gasteiger partial charge in [0, 0.05) is 27.2 Å². The first-order chi connectivity index (χ1) is 5.65. The Bertz CT molecular complexity index is 270. The average molecular weight is 166 g/mol. The fourth-order valence-corrected chi connectivity index (χ4v) is 0.916.